The van der Waals surface area contributed by atoms with Crippen LogP contribution in [-0.2, 0) is 0 Å². The molecule has 0 aliphatic carbocycles. The van der Waals surface area contributed by atoms with E-state index >= 15 is 0 Å². The average molecular weight is 263 g/mol. The zero-order valence-corrected chi connectivity index (χ0v) is 11.2. The fourth-order valence-electron chi connectivity index (χ4n) is 2.14. The van der Waals surface area contributed by atoms with Gasteiger partial charge in [0.2, 0.25) is 0 Å². The molecule has 0 saturated carbocycles. The van der Waals surface area contributed by atoms with Gasteiger partial charge in [-0.15, -0.1) is 11.3 Å². The Morgan fingerprint density at radius 2 is 2.06 bits per heavy atom. The first-order chi connectivity index (χ1) is 8.74. The highest BCUT2D eigenvalue weighted by Gasteiger charge is 2.15. The van der Waals surface area contributed by atoms with Gasteiger partial charge in [0, 0.05) is 26.2 Å². The summed E-state index contributed by atoms with van der Waals surface area (Å²) >= 11 is 1.62. The van der Waals surface area contributed by atoms with E-state index in [1.54, 1.807) is 11.3 Å². The van der Waals surface area contributed by atoms with Gasteiger partial charge < -0.3 is 16.1 Å². The Labute approximate surface area is 110 Å². The van der Waals surface area contributed by atoms with Crippen LogP contribution in [0.15, 0.2) is 17.6 Å². The van der Waals surface area contributed by atoms with E-state index in [4.69, 9.17) is 5.73 Å². The molecular formula is C12H17N5S. The molecular weight excluding hydrogens is 246 g/mol. The number of rotatable bonds is 2. The molecule has 0 amide bonds. The lowest BCUT2D eigenvalue weighted by Crippen LogP contribution is -2.47. The van der Waals surface area contributed by atoms with Gasteiger partial charge in [0.1, 0.15) is 5.52 Å². The second-order valence-corrected chi connectivity index (χ2v) is 5.51. The predicted molar refractivity (Wildman–Crippen MR) is 76.7 cm³/mol. The number of aromatic nitrogens is 1. The van der Waals surface area contributed by atoms with Crippen molar-refractivity contribution in [3.63, 3.8) is 0 Å². The van der Waals surface area contributed by atoms with E-state index in [-0.39, 0.29) is 0 Å². The molecule has 2 heterocycles. The maximum absolute atomic E-state index is 6.15. The molecule has 5 nitrogen and oxygen atoms in total. The van der Waals surface area contributed by atoms with Gasteiger partial charge in [-0.05, 0) is 19.2 Å². The van der Waals surface area contributed by atoms with E-state index in [2.05, 4.69) is 33.4 Å². The third-order valence-corrected chi connectivity index (χ3v) is 4.12. The summed E-state index contributed by atoms with van der Waals surface area (Å²) in [7, 11) is 2.15. The number of likely N-dealkylation sites (N-methyl/N-ethyl adjacent to an activating group) is 1. The highest BCUT2D eigenvalue weighted by Crippen LogP contribution is 2.30. The lowest BCUT2D eigenvalue weighted by atomic mass is 10.2. The number of nitrogen functional groups attached to an aromatic ring is 1. The smallest absolute Gasteiger partial charge is 0.106 e. The highest BCUT2D eigenvalue weighted by molar-refractivity contribution is 7.16. The van der Waals surface area contributed by atoms with Crippen LogP contribution < -0.4 is 11.2 Å². The number of nitrogens with zero attached hydrogens (tertiary/aromatic N) is 3. The first-order valence-electron chi connectivity index (χ1n) is 6.06. The zero-order valence-electron chi connectivity index (χ0n) is 10.4. The largest absolute Gasteiger partial charge is 0.395 e. The molecule has 0 bridgehead atoms. The summed E-state index contributed by atoms with van der Waals surface area (Å²) < 4.78 is 1.14. The number of nitrogens with two attached hydrogens (primary N) is 1. The Bertz CT molecular complexity index is 544. The van der Waals surface area contributed by atoms with Gasteiger partial charge in [0.25, 0.3) is 0 Å². The molecule has 1 fully saturated rings. The van der Waals surface area contributed by atoms with Crippen molar-refractivity contribution >= 4 is 32.9 Å². The number of hydrazine groups is 1. The SMILES string of the molecule is CN1CCN(Nc2ccc3scnc3c2N)CC1. The second kappa shape index (κ2) is 4.72. The Hall–Kier alpha value is -1.37. The predicted octanol–water partition coefficient (Wildman–Crippen LogP) is 1.45. The van der Waals surface area contributed by atoms with Crippen molar-refractivity contribution in [1.29, 1.82) is 0 Å². The van der Waals surface area contributed by atoms with Gasteiger partial charge in [0.15, 0.2) is 0 Å². The van der Waals surface area contributed by atoms with E-state index in [1.807, 2.05) is 11.6 Å². The normalized spacial score (nSPS) is 18.3. The number of nitrogens with one attached hydrogen (secondary N) is 1. The summed E-state index contributed by atoms with van der Waals surface area (Å²) in [5.41, 5.74) is 14.0. The molecule has 18 heavy (non-hydrogen) atoms. The topological polar surface area (TPSA) is 57.4 Å². The minimum Gasteiger partial charge on any atom is -0.395 e. The zero-order chi connectivity index (χ0) is 12.5. The number of hydrogen-bond acceptors (Lipinski definition) is 6. The summed E-state index contributed by atoms with van der Waals surface area (Å²) in [6, 6.07) is 4.11. The van der Waals surface area contributed by atoms with Crippen molar-refractivity contribution in [2.45, 2.75) is 0 Å². The standard InChI is InChI=1S/C12H17N5S/c1-16-4-6-17(7-5-16)15-9-2-3-10-12(11(9)13)14-8-18-10/h2-3,8,15H,4-7,13H2,1H3. The molecule has 0 atom stereocenters. The first kappa shape index (κ1) is 11.7. The minimum absolute atomic E-state index is 0.743. The van der Waals surface area contributed by atoms with Crippen LogP contribution in [0.1, 0.15) is 0 Å². The monoisotopic (exact) mass is 263 g/mol. The summed E-state index contributed by atoms with van der Waals surface area (Å²) in [6.07, 6.45) is 0. The van der Waals surface area contributed by atoms with Crippen molar-refractivity contribution in [1.82, 2.24) is 14.9 Å². The Kier molecular flexibility index (Phi) is 3.07. The van der Waals surface area contributed by atoms with E-state index in [0.29, 0.717) is 0 Å². The molecule has 0 radical (unpaired) electrons. The molecule has 2 aromatic rings. The average Bonchev–Trinajstić information content (AvgIpc) is 2.84. The van der Waals surface area contributed by atoms with E-state index in [1.165, 1.54) is 0 Å². The summed E-state index contributed by atoms with van der Waals surface area (Å²) in [5, 5.41) is 2.21. The molecule has 1 aromatic heterocycles. The number of benzene rings is 1. The quantitative estimate of drug-likeness (QED) is 0.803. The van der Waals surface area contributed by atoms with Crippen LogP contribution in [-0.4, -0.2) is 48.1 Å². The highest BCUT2D eigenvalue weighted by atomic mass is 32.1. The lowest BCUT2D eigenvalue weighted by molar-refractivity contribution is 0.179. The van der Waals surface area contributed by atoms with E-state index in [0.717, 1.165) is 47.8 Å². The maximum atomic E-state index is 6.15. The summed E-state index contributed by atoms with van der Waals surface area (Å²) in [6.45, 7) is 4.16. The van der Waals surface area contributed by atoms with Crippen LogP contribution >= 0.6 is 11.3 Å². The molecule has 0 spiro atoms. The van der Waals surface area contributed by atoms with Gasteiger partial charge in [-0.2, -0.15) is 0 Å². The third kappa shape index (κ3) is 2.14. The Morgan fingerprint density at radius 1 is 1.28 bits per heavy atom. The van der Waals surface area contributed by atoms with Gasteiger partial charge in [-0.25, -0.2) is 9.99 Å². The van der Waals surface area contributed by atoms with Crippen LogP contribution in [0, 0.1) is 0 Å². The Balaban J connectivity index is 1.80. The molecule has 1 saturated heterocycles. The van der Waals surface area contributed by atoms with Crippen LogP contribution in [0.3, 0.4) is 0 Å². The Morgan fingerprint density at radius 3 is 2.83 bits per heavy atom. The van der Waals surface area contributed by atoms with Gasteiger partial charge in [0.05, 0.1) is 21.6 Å². The lowest BCUT2D eigenvalue weighted by Gasteiger charge is -2.33. The van der Waals surface area contributed by atoms with Crippen molar-refractivity contribution in [2.24, 2.45) is 0 Å². The second-order valence-electron chi connectivity index (χ2n) is 4.63. The molecule has 1 aromatic carbocycles. The number of hydrogen-bond donors (Lipinski definition) is 2. The van der Waals surface area contributed by atoms with Crippen LogP contribution in [0.4, 0.5) is 11.4 Å². The fraction of sp³-hybridized carbons (Fsp3) is 0.417. The van der Waals surface area contributed by atoms with E-state index in [9.17, 15) is 0 Å². The van der Waals surface area contributed by atoms with Crippen molar-refractivity contribution in [2.75, 3.05) is 44.4 Å². The summed E-state index contributed by atoms with van der Waals surface area (Å²) in [4.78, 5) is 6.64. The van der Waals surface area contributed by atoms with Crippen LogP contribution in [0.2, 0.25) is 0 Å². The van der Waals surface area contributed by atoms with Crippen LogP contribution in [0.25, 0.3) is 10.2 Å². The molecule has 1 aliphatic heterocycles. The molecule has 96 valence electrons. The molecule has 1 aliphatic rings. The number of fused-ring (bicyclic) bond motifs is 1. The number of piperazine rings is 1. The fourth-order valence-corrected chi connectivity index (χ4v) is 2.83. The minimum atomic E-state index is 0.743. The van der Waals surface area contributed by atoms with E-state index < -0.39 is 0 Å². The van der Waals surface area contributed by atoms with Crippen LogP contribution in [0.5, 0.6) is 0 Å². The van der Waals surface area contributed by atoms with Gasteiger partial charge in [-0.1, -0.05) is 0 Å². The third-order valence-electron chi connectivity index (χ3n) is 3.32. The summed E-state index contributed by atoms with van der Waals surface area (Å²) in [5.74, 6) is 0. The van der Waals surface area contributed by atoms with Gasteiger partial charge in [-0.3, -0.25) is 0 Å². The first-order valence-corrected chi connectivity index (χ1v) is 6.94. The maximum Gasteiger partial charge on any atom is 0.106 e. The molecule has 3 rings (SSSR count). The molecule has 6 heteroatoms. The molecule has 0 unspecified atom stereocenters. The van der Waals surface area contributed by atoms with Crippen molar-refractivity contribution in [3.8, 4) is 0 Å². The number of anilines is 2. The molecule has 3 N–H and O–H groups in total. The van der Waals surface area contributed by atoms with Crippen molar-refractivity contribution < 1.29 is 0 Å². The van der Waals surface area contributed by atoms with Gasteiger partial charge >= 0.3 is 0 Å². The number of thiazole rings is 1. The van der Waals surface area contributed by atoms with Crippen molar-refractivity contribution in [3.05, 3.63) is 17.6 Å².